The minimum Gasteiger partial charge on any atom is -0.495 e. The standard InChI is InChI=1S/C13H14ClN3O3S/c1-15-13-17-12(19)10(21-13)6-11(18)16-7-3-4-9(20-2)8(14)5-7/h3-5,10H,6H2,1-2H3,(H,16,18)(H,15,17,19)/t10-/m0/s1. The third kappa shape index (κ3) is 3.89. The summed E-state index contributed by atoms with van der Waals surface area (Å²) in [6, 6.07) is 4.94. The number of benzene rings is 1. The smallest absolute Gasteiger partial charge is 0.240 e. The van der Waals surface area contributed by atoms with E-state index in [1.807, 2.05) is 0 Å². The number of halogens is 1. The number of nitrogens with zero attached hydrogens (tertiary/aromatic N) is 1. The van der Waals surface area contributed by atoms with Crippen LogP contribution in [-0.2, 0) is 9.59 Å². The van der Waals surface area contributed by atoms with Gasteiger partial charge in [0.2, 0.25) is 11.8 Å². The summed E-state index contributed by atoms with van der Waals surface area (Å²) in [6.07, 6.45) is 0.0686. The molecule has 2 N–H and O–H groups in total. The molecule has 0 aliphatic carbocycles. The van der Waals surface area contributed by atoms with Crippen LogP contribution in [0.25, 0.3) is 0 Å². The Bertz CT molecular complexity index is 606. The third-order valence-corrected chi connectivity index (χ3v) is 4.25. The van der Waals surface area contributed by atoms with E-state index in [-0.39, 0.29) is 18.2 Å². The molecule has 2 amide bonds. The number of thioether (sulfide) groups is 1. The van der Waals surface area contributed by atoms with E-state index in [4.69, 9.17) is 16.3 Å². The monoisotopic (exact) mass is 327 g/mol. The molecule has 6 nitrogen and oxygen atoms in total. The molecular weight excluding hydrogens is 314 g/mol. The first-order valence-electron chi connectivity index (χ1n) is 6.11. The molecule has 112 valence electrons. The van der Waals surface area contributed by atoms with E-state index in [9.17, 15) is 9.59 Å². The molecule has 0 spiro atoms. The molecule has 1 fully saturated rings. The Morgan fingerprint density at radius 1 is 1.57 bits per heavy atom. The van der Waals surface area contributed by atoms with Crippen molar-refractivity contribution in [1.29, 1.82) is 0 Å². The van der Waals surface area contributed by atoms with E-state index in [1.54, 1.807) is 25.2 Å². The average Bonchev–Trinajstić information content (AvgIpc) is 2.79. The van der Waals surface area contributed by atoms with Gasteiger partial charge in [-0.15, -0.1) is 0 Å². The first kappa shape index (κ1) is 15.7. The number of hydrogen-bond acceptors (Lipinski definition) is 5. The second-order valence-corrected chi connectivity index (χ2v) is 5.82. The highest BCUT2D eigenvalue weighted by molar-refractivity contribution is 8.15. The zero-order chi connectivity index (χ0) is 15.4. The molecular formula is C13H14ClN3O3S. The van der Waals surface area contributed by atoms with E-state index < -0.39 is 5.25 Å². The van der Waals surface area contributed by atoms with Gasteiger partial charge in [0, 0.05) is 19.2 Å². The molecule has 0 aromatic heterocycles. The summed E-state index contributed by atoms with van der Waals surface area (Å²) in [5.41, 5.74) is 0.554. The summed E-state index contributed by atoms with van der Waals surface area (Å²) >= 11 is 7.23. The fourth-order valence-corrected chi connectivity index (χ4v) is 2.96. The summed E-state index contributed by atoms with van der Waals surface area (Å²) < 4.78 is 5.04. The topological polar surface area (TPSA) is 79.8 Å². The lowest BCUT2D eigenvalue weighted by Crippen LogP contribution is -2.28. The van der Waals surface area contributed by atoms with Gasteiger partial charge in [0.25, 0.3) is 0 Å². The number of anilines is 1. The van der Waals surface area contributed by atoms with Crippen LogP contribution in [0, 0.1) is 0 Å². The van der Waals surface area contributed by atoms with Crippen molar-refractivity contribution < 1.29 is 14.3 Å². The zero-order valence-corrected chi connectivity index (χ0v) is 13.0. The number of amidine groups is 1. The Balaban J connectivity index is 1.96. The van der Waals surface area contributed by atoms with Crippen molar-refractivity contribution in [2.45, 2.75) is 11.7 Å². The van der Waals surface area contributed by atoms with E-state index in [1.165, 1.54) is 18.9 Å². The molecule has 0 unspecified atom stereocenters. The number of carbonyl (C=O) groups excluding carboxylic acids is 2. The van der Waals surface area contributed by atoms with Gasteiger partial charge in [0.15, 0.2) is 5.17 Å². The van der Waals surface area contributed by atoms with Gasteiger partial charge in [-0.3, -0.25) is 14.6 Å². The van der Waals surface area contributed by atoms with Gasteiger partial charge < -0.3 is 15.4 Å². The second-order valence-electron chi connectivity index (χ2n) is 4.23. The lowest BCUT2D eigenvalue weighted by Gasteiger charge is -2.09. The minimum absolute atomic E-state index is 0.0686. The van der Waals surface area contributed by atoms with Crippen molar-refractivity contribution >= 4 is 46.0 Å². The van der Waals surface area contributed by atoms with Crippen LogP contribution in [0.2, 0.25) is 5.02 Å². The molecule has 1 aliphatic heterocycles. The van der Waals surface area contributed by atoms with Crippen LogP contribution in [0.15, 0.2) is 23.2 Å². The van der Waals surface area contributed by atoms with Crippen molar-refractivity contribution in [2.24, 2.45) is 4.99 Å². The van der Waals surface area contributed by atoms with E-state index >= 15 is 0 Å². The number of rotatable bonds is 4. The molecule has 0 bridgehead atoms. The summed E-state index contributed by atoms with van der Waals surface area (Å²) in [6.45, 7) is 0. The number of hydrogen-bond donors (Lipinski definition) is 2. The van der Waals surface area contributed by atoms with Crippen LogP contribution in [0.3, 0.4) is 0 Å². The highest BCUT2D eigenvalue weighted by Crippen LogP contribution is 2.28. The Labute approximate surface area is 131 Å². The molecule has 21 heavy (non-hydrogen) atoms. The van der Waals surface area contributed by atoms with Crippen LogP contribution in [0.4, 0.5) is 5.69 Å². The number of carbonyl (C=O) groups is 2. The lowest BCUT2D eigenvalue weighted by molar-refractivity contribution is -0.122. The van der Waals surface area contributed by atoms with Gasteiger partial charge >= 0.3 is 0 Å². The van der Waals surface area contributed by atoms with E-state index in [0.29, 0.717) is 21.6 Å². The maximum Gasteiger partial charge on any atom is 0.240 e. The largest absolute Gasteiger partial charge is 0.495 e. The molecule has 0 radical (unpaired) electrons. The maximum absolute atomic E-state index is 12.0. The number of ether oxygens (including phenoxy) is 1. The fourth-order valence-electron chi connectivity index (χ4n) is 1.77. The Kier molecular flexibility index (Phi) is 5.08. The first-order valence-corrected chi connectivity index (χ1v) is 7.37. The maximum atomic E-state index is 12.0. The average molecular weight is 328 g/mol. The number of nitrogens with one attached hydrogen (secondary N) is 2. The predicted molar refractivity (Wildman–Crippen MR) is 84.1 cm³/mol. The second kappa shape index (κ2) is 6.82. The molecule has 0 saturated carbocycles. The normalized spacial score (nSPS) is 19.5. The lowest BCUT2D eigenvalue weighted by atomic mass is 10.2. The molecule has 1 atom stereocenters. The molecule has 2 rings (SSSR count). The highest BCUT2D eigenvalue weighted by atomic mass is 35.5. The van der Waals surface area contributed by atoms with E-state index in [0.717, 1.165) is 0 Å². The van der Waals surface area contributed by atoms with Crippen LogP contribution in [-0.4, -0.2) is 36.4 Å². The van der Waals surface area contributed by atoms with Crippen molar-refractivity contribution in [3.63, 3.8) is 0 Å². The van der Waals surface area contributed by atoms with Gasteiger partial charge in [-0.1, -0.05) is 23.4 Å². The van der Waals surface area contributed by atoms with Crippen molar-refractivity contribution in [1.82, 2.24) is 5.32 Å². The molecule has 1 aliphatic rings. The van der Waals surface area contributed by atoms with Gasteiger partial charge in [0.1, 0.15) is 11.0 Å². The van der Waals surface area contributed by atoms with Gasteiger partial charge in [-0.05, 0) is 18.2 Å². The summed E-state index contributed by atoms with van der Waals surface area (Å²) in [4.78, 5) is 27.5. The van der Waals surface area contributed by atoms with Crippen LogP contribution in [0.5, 0.6) is 5.75 Å². The third-order valence-electron chi connectivity index (χ3n) is 2.79. The molecule has 1 saturated heterocycles. The van der Waals surface area contributed by atoms with Crippen LogP contribution < -0.4 is 15.4 Å². The molecule has 8 heteroatoms. The van der Waals surface area contributed by atoms with Crippen molar-refractivity contribution in [2.75, 3.05) is 19.5 Å². The Morgan fingerprint density at radius 3 is 2.90 bits per heavy atom. The van der Waals surface area contributed by atoms with Gasteiger partial charge in [-0.2, -0.15) is 0 Å². The quantitative estimate of drug-likeness (QED) is 0.885. The minimum atomic E-state index is -0.461. The fraction of sp³-hybridized carbons (Fsp3) is 0.308. The zero-order valence-electron chi connectivity index (χ0n) is 11.5. The summed E-state index contributed by atoms with van der Waals surface area (Å²) in [5, 5.41) is 5.78. The highest BCUT2D eigenvalue weighted by Gasteiger charge is 2.31. The predicted octanol–water partition coefficient (Wildman–Crippen LogP) is 1.89. The first-order chi connectivity index (χ1) is 10.0. The molecule has 1 aromatic rings. The number of methoxy groups -OCH3 is 1. The van der Waals surface area contributed by atoms with E-state index in [2.05, 4.69) is 15.6 Å². The molecule has 1 heterocycles. The van der Waals surface area contributed by atoms with Gasteiger partial charge in [-0.25, -0.2) is 0 Å². The van der Waals surface area contributed by atoms with Crippen molar-refractivity contribution in [3.05, 3.63) is 23.2 Å². The summed E-state index contributed by atoms with van der Waals surface area (Å²) in [5.74, 6) is 0.0638. The number of amides is 2. The van der Waals surface area contributed by atoms with Gasteiger partial charge in [0.05, 0.1) is 12.1 Å². The van der Waals surface area contributed by atoms with Crippen LogP contribution in [0.1, 0.15) is 6.42 Å². The van der Waals surface area contributed by atoms with Crippen LogP contribution >= 0.6 is 23.4 Å². The summed E-state index contributed by atoms with van der Waals surface area (Å²) in [7, 11) is 3.10. The SMILES string of the molecule is CN=C1NC(=O)[C@H](CC(=O)Nc2ccc(OC)c(Cl)c2)S1. The van der Waals surface area contributed by atoms with Crippen molar-refractivity contribution in [3.8, 4) is 5.75 Å². The Morgan fingerprint density at radius 2 is 2.33 bits per heavy atom. The number of aliphatic imine (C=N–C) groups is 1. The Hall–Kier alpha value is -1.73. The molecule has 1 aromatic carbocycles.